The van der Waals surface area contributed by atoms with Crippen LogP contribution in [0.1, 0.15) is 33.3 Å². The molecule has 1 aromatic rings. The molecule has 0 unspecified atom stereocenters. The maximum atomic E-state index is 11.8. The van der Waals surface area contributed by atoms with Crippen molar-refractivity contribution in [1.82, 2.24) is 10.2 Å². The van der Waals surface area contributed by atoms with Crippen LogP contribution in [0.2, 0.25) is 5.02 Å². The fourth-order valence-corrected chi connectivity index (χ4v) is 2.96. The number of ether oxygens (including phenoxy) is 3. The molecule has 146 valence electrons. The van der Waals surface area contributed by atoms with Crippen LogP contribution in [0, 0.1) is 0 Å². The number of halogens is 1. The Kier molecular flexibility index (Phi) is 7.55. The highest BCUT2D eigenvalue weighted by Crippen LogP contribution is 2.25. The highest BCUT2D eigenvalue weighted by molar-refractivity contribution is 6.30. The summed E-state index contributed by atoms with van der Waals surface area (Å²) in [6.45, 7) is 11.4. The van der Waals surface area contributed by atoms with Crippen LogP contribution in [0.25, 0.3) is 0 Å². The Bertz CT molecular complexity index is 604. The minimum atomic E-state index is -0.508. The molecule has 0 aliphatic carbocycles. The van der Waals surface area contributed by atoms with E-state index in [2.05, 4.69) is 10.2 Å². The third-order valence-electron chi connectivity index (χ3n) is 3.81. The summed E-state index contributed by atoms with van der Waals surface area (Å²) in [4.78, 5) is 14.1. The lowest BCUT2D eigenvalue weighted by Gasteiger charge is -2.33. The standard InChI is InChI=1S/C19H29ClN2O4/c1-5-24-17-7-6-15(20)10-14(17)12-22-8-9-25-16(13-22)11-21-18(23)26-19(2,3)4/h6-7,10,16H,5,8-9,11-13H2,1-4H3,(H,21,23)/t16-/m1/s1. The number of hydrogen-bond donors (Lipinski definition) is 1. The molecule has 0 radical (unpaired) electrons. The van der Waals surface area contributed by atoms with Crippen molar-refractivity contribution in [2.75, 3.05) is 32.8 Å². The Balaban J connectivity index is 1.88. The summed E-state index contributed by atoms with van der Waals surface area (Å²) in [6.07, 6.45) is -0.502. The molecule has 1 N–H and O–H groups in total. The molecule has 1 atom stereocenters. The lowest BCUT2D eigenvalue weighted by Crippen LogP contribution is -2.47. The smallest absolute Gasteiger partial charge is 0.407 e. The van der Waals surface area contributed by atoms with Gasteiger partial charge in [-0.05, 0) is 45.9 Å². The zero-order valence-electron chi connectivity index (χ0n) is 16.0. The molecule has 1 amide bonds. The average molecular weight is 385 g/mol. The van der Waals surface area contributed by atoms with Crippen molar-refractivity contribution < 1.29 is 19.0 Å². The molecule has 1 saturated heterocycles. The number of nitrogens with one attached hydrogen (secondary N) is 1. The normalized spacial score (nSPS) is 18.4. The fraction of sp³-hybridized carbons (Fsp3) is 0.632. The van der Waals surface area contributed by atoms with Gasteiger partial charge in [0, 0.05) is 36.8 Å². The van der Waals surface area contributed by atoms with Gasteiger partial charge in [-0.2, -0.15) is 0 Å². The molecule has 0 aromatic heterocycles. The highest BCUT2D eigenvalue weighted by Gasteiger charge is 2.23. The van der Waals surface area contributed by atoms with Gasteiger partial charge < -0.3 is 19.5 Å². The van der Waals surface area contributed by atoms with Crippen molar-refractivity contribution in [3.05, 3.63) is 28.8 Å². The summed E-state index contributed by atoms with van der Waals surface area (Å²) in [5.41, 5.74) is 0.548. The maximum Gasteiger partial charge on any atom is 0.407 e. The number of nitrogens with zero attached hydrogens (tertiary/aromatic N) is 1. The van der Waals surface area contributed by atoms with E-state index in [0.717, 1.165) is 24.4 Å². The number of rotatable bonds is 6. The van der Waals surface area contributed by atoms with Gasteiger partial charge in [-0.3, -0.25) is 4.90 Å². The lowest BCUT2D eigenvalue weighted by molar-refractivity contribution is -0.0315. The summed E-state index contributed by atoms with van der Waals surface area (Å²) in [5, 5.41) is 3.47. The molecule has 0 spiro atoms. The second kappa shape index (κ2) is 9.44. The summed E-state index contributed by atoms with van der Waals surface area (Å²) in [5.74, 6) is 0.854. The Morgan fingerprint density at radius 3 is 2.88 bits per heavy atom. The largest absolute Gasteiger partial charge is 0.494 e. The van der Waals surface area contributed by atoms with E-state index < -0.39 is 11.7 Å². The van der Waals surface area contributed by atoms with Crippen molar-refractivity contribution in [3.8, 4) is 5.75 Å². The summed E-state index contributed by atoms with van der Waals surface area (Å²) in [6, 6.07) is 5.68. The van der Waals surface area contributed by atoms with E-state index in [9.17, 15) is 4.79 Å². The van der Waals surface area contributed by atoms with Crippen LogP contribution in [-0.4, -0.2) is 55.5 Å². The number of amides is 1. The van der Waals surface area contributed by atoms with Crippen molar-refractivity contribution >= 4 is 17.7 Å². The molecule has 6 nitrogen and oxygen atoms in total. The predicted octanol–water partition coefficient (Wildman–Crippen LogP) is 3.46. The topological polar surface area (TPSA) is 60.0 Å². The molecule has 7 heteroatoms. The molecule has 0 saturated carbocycles. The quantitative estimate of drug-likeness (QED) is 0.813. The number of benzene rings is 1. The van der Waals surface area contributed by atoms with Crippen LogP contribution in [0.3, 0.4) is 0 Å². The lowest BCUT2D eigenvalue weighted by atomic mass is 10.1. The van der Waals surface area contributed by atoms with Crippen LogP contribution in [-0.2, 0) is 16.0 Å². The molecule has 2 rings (SSSR count). The first-order valence-electron chi connectivity index (χ1n) is 8.99. The van der Waals surface area contributed by atoms with Crippen LogP contribution in [0.15, 0.2) is 18.2 Å². The van der Waals surface area contributed by atoms with Gasteiger partial charge in [0.1, 0.15) is 11.4 Å². The summed E-state index contributed by atoms with van der Waals surface area (Å²) < 4.78 is 16.7. The Morgan fingerprint density at radius 2 is 2.19 bits per heavy atom. The van der Waals surface area contributed by atoms with Crippen LogP contribution >= 0.6 is 11.6 Å². The van der Waals surface area contributed by atoms with Crippen LogP contribution in [0.5, 0.6) is 5.75 Å². The van der Waals surface area contributed by atoms with E-state index in [4.69, 9.17) is 25.8 Å². The number of carbonyl (C=O) groups is 1. The van der Waals surface area contributed by atoms with Gasteiger partial charge in [-0.15, -0.1) is 0 Å². The molecule has 1 fully saturated rings. The van der Waals surface area contributed by atoms with E-state index in [-0.39, 0.29) is 6.10 Å². The van der Waals surface area contributed by atoms with Gasteiger partial charge in [-0.1, -0.05) is 11.6 Å². The molecule has 0 bridgehead atoms. The molecular weight excluding hydrogens is 356 g/mol. The zero-order valence-corrected chi connectivity index (χ0v) is 16.8. The molecular formula is C19H29ClN2O4. The van der Waals surface area contributed by atoms with E-state index >= 15 is 0 Å². The van der Waals surface area contributed by atoms with Gasteiger partial charge in [0.15, 0.2) is 0 Å². The zero-order chi connectivity index (χ0) is 19.2. The van der Waals surface area contributed by atoms with Gasteiger partial charge in [-0.25, -0.2) is 4.79 Å². The number of carbonyl (C=O) groups excluding carboxylic acids is 1. The van der Waals surface area contributed by atoms with Crippen molar-refractivity contribution in [2.45, 2.75) is 45.9 Å². The predicted molar refractivity (Wildman–Crippen MR) is 102 cm³/mol. The van der Waals surface area contributed by atoms with E-state index in [1.54, 1.807) is 0 Å². The Morgan fingerprint density at radius 1 is 1.42 bits per heavy atom. The molecule has 1 aromatic carbocycles. The second-order valence-electron chi connectivity index (χ2n) is 7.30. The average Bonchev–Trinajstić information content (AvgIpc) is 2.54. The number of alkyl carbamates (subject to hydrolysis) is 1. The molecule has 1 heterocycles. The third kappa shape index (κ3) is 7.02. The minimum absolute atomic E-state index is 0.0778. The fourth-order valence-electron chi connectivity index (χ4n) is 2.77. The van der Waals surface area contributed by atoms with Gasteiger partial charge in [0.05, 0.1) is 19.3 Å². The highest BCUT2D eigenvalue weighted by atomic mass is 35.5. The van der Waals surface area contributed by atoms with E-state index in [1.165, 1.54) is 0 Å². The second-order valence-corrected chi connectivity index (χ2v) is 7.73. The molecule has 1 aliphatic rings. The number of morpholine rings is 1. The molecule has 1 aliphatic heterocycles. The first-order chi connectivity index (χ1) is 12.3. The maximum absolute atomic E-state index is 11.8. The number of hydrogen-bond acceptors (Lipinski definition) is 5. The monoisotopic (exact) mass is 384 g/mol. The van der Waals surface area contributed by atoms with E-state index in [0.29, 0.717) is 31.3 Å². The molecule has 26 heavy (non-hydrogen) atoms. The van der Waals surface area contributed by atoms with Crippen LogP contribution in [0.4, 0.5) is 4.79 Å². The van der Waals surface area contributed by atoms with Gasteiger partial charge in [0.2, 0.25) is 0 Å². The SMILES string of the molecule is CCOc1ccc(Cl)cc1CN1CCO[C@H](CNC(=O)OC(C)(C)C)C1. The summed E-state index contributed by atoms with van der Waals surface area (Å²) in [7, 11) is 0. The van der Waals surface area contributed by atoms with Gasteiger partial charge >= 0.3 is 6.09 Å². The summed E-state index contributed by atoms with van der Waals surface area (Å²) >= 11 is 6.14. The Hall–Kier alpha value is -1.50. The van der Waals surface area contributed by atoms with Crippen molar-refractivity contribution in [3.63, 3.8) is 0 Å². The Labute approximate surface area is 160 Å². The van der Waals surface area contributed by atoms with Gasteiger partial charge in [0.25, 0.3) is 0 Å². The van der Waals surface area contributed by atoms with E-state index in [1.807, 2.05) is 45.9 Å². The third-order valence-corrected chi connectivity index (χ3v) is 4.05. The first-order valence-corrected chi connectivity index (χ1v) is 9.36. The van der Waals surface area contributed by atoms with Crippen molar-refractivity contribution in [1.29, 1.82) is 0 Å². The van der Waals surface area contributed by atoms with Crippen LogP contribution < -0.4 is 10.1 Å². The first kappa shape index (κ1) is 20.8. The van der Waals surface area contributed by atoms with Crippen molar-refractivity contribution in [2.24, 2.45) is 0 Å². The minimum Gasteiger partial charge on any atom is -0.494 e.